The Balaban J connectivity index is 1.32. The maximum atomic E-state index is 13.3. The van der Waals surface area contributed by atoms with Gasteiger partial charge in [0.25, 0.3) is 11.8 Å². The second-order valence-electron chi connectivity index (χ2n) is 8.53. The molecule has 0 spiro atoms. The third-order valence-electron chi connectivity index (χ3n) is 6.19. The standard InChI is InChI=1S/C28H23N3O3/c1-28(23-16-15-20-7-5-6-8-22(20)17-23)26(33)31(27(34)30-28)18-19-11-13-21(14-12-19)25(32)29-24-9-3-2-4-10-24/h2-17H,18H2,1H3,(H,29,32)(H,30,34)/t28-/m1/s1. The molecule has 0 aromatic heterocycles. The Bertz CT molecular complexity index is 1400. The van der Waals surface area contributed by atoms with Gasteiger partial charge in [-0.15, -0.1) is 0 Å². The largest absolute Gasteiger partial charge is 0.325 e. The maximum absolute atomic E-state index is 13.3. The monoisotopic (exact) mass is 449 g/mol. The lowest BCUT2D eigenvalue weighted by atomic mass is 9.90. The molecule has 2 N–H and O–H groups in total. The number of urea groups is 1. The smallest absolute Gasteiger partial charge is 0.322 e. The van der Waals surface area contributed by atoms with E-state index in [2.05, 4.69) is 10.6 Å². The highest BCUT2D eigenvalue weighted by atomic mass is 16.2. The Morgan fingerprint density at radius 3 is 2.26 bits per heavy atom. The summed E-state index contributed by atoms with van der Waals surface area (Å²) in [4.78, 5) is 39.8. The van der Waals surface area contributed by atoms with Crippen LogP contribution < -0.4 is 10.6 Å². The molecule has 0 saturated carbocycles. The van der Waals surface area contributed by atoms with Crippen LogP contribution in [0.15, 0.2) is 97.1 Å². The molecule has 1 saturated heterocycles. The number of hydrogen-bond acceptors (Lipinski definition) is 3. The molecule has 1 aliphatic heterocycles. The Labute approximate surface area is 197 Å². The number of hydrogen-bond donors (Lipinski definition) is 2. The predicted octanol–water partition coefficient (Wildman–Crippen LogP) is 5.06. The van der Waals surface area contributed by atoms with E-state index in [-0.39, 0.29) is 18.4 Å². The zero-order valence-corrected chi connectivity index (χ0v) is 18.6. The molecule has 0 unspecified atom stereocenters. The third-order valence-corrected chi connectivity index (χ3v) is 6.19. The van der Waals surface area contributed by atoms with Crippen molar-refractivity contribution in [2.75, 3.05) is 5.32 Å². The first-order valence-corrected chi connectivity index (χ1v) is 11.0. The molecule has 168 valence electrons. The van der Waals surface area contributed by atoms with Crippen LogP contribution in [0, 0.1) is 0 Å². The van der Waals surface area contributed by atoms with Gasteiger partial charge in [-0.1, -0.05) is 66.7 Å². The normalized spacial score (nSPS) is 17.6. The number of carbonyl (C=O) groups is 3. The number of fused-ring (bicyclic) bond motifs is 1. The Morgan fingerprint density at radius 2 is 1.53 bits per heavy atom. The molecule has 0 radical (unpaired) electrons. The summed E-state index contributed by atoms with van der Waals surface area (Å²) < 4.78 is 0. The van der Waals surface area contributed by atoms with E-state index < -0.39 is 11.6 Å². The first kappa shape index (κ1) is 21.4. The van der Waals surface area contributed by atoms with E-state index in [0.717, 1.165) is 21.9 Å². The fourth-order valence-corrected chi connectivity index (χ4v) is 4.21. The van der Waals surface area contributed by atoms with Crippen molar-refractivity contribution >= 4 is 34.3 Å². The van der Waals surface area contributed by atoms with Gasteiger partial charge in [0.1, 0.15) is 5.54 Å². The second kappa shape index (κ2) is 8.48. The van der Waals surface area contributed by atoms with E-state index in [0.29, 0.717) is 11.3 Å². The van der Waals surface area contributed by atoms with Gasteiger partial charge in [0, 0.05) is 11.3 Å². The predicted molar refractivity (Wildman–Crippen MR) is 131 cm³/mol. The van der Waals surface area contributed by atoms with Crippen LogP contribution in [0.5, 0.6) is 0 Å². The minimum atomic E-state index is -1.14. The van der Waals surface area contributed by atoms with Gasteiger partial charge >= 0.3 is 6.03 Å². The molecule has 1 atom stereocenters. The summed E-state index contributed by atoms with van der Waals surface area (Å²) in [5, 5.41) is 7.78. The van der Waals surface area contributed by atoms with Crippen molar-refractivity contribution in [1.82, 2.24) is 10.2 Å². The molecule has 5 rings (SSSR count). The molecule has 4 amide bonds. The van der Waals surface area contributed by atoms with Gasteiger partial charge in [-0.05, 0) is 59.2 Å². The number of imide groups is 1. The van der Waals surface area contributed by atoms with Gasteiger partial charge in [0.2, 0.25) is 0 Å². The molecule has 1 aliphatic rings. The van der Waals surface area contributed by atoms with E-state index >= 15 is 0 Å². The zero-order chi connectivity index (χ0) is 23.7. The summed E-state index contributed by atoms with van der Waals surface area (Å²) in [5.74, 6) is -0.532. The topological polar surface area (TPSA) is 78.5 Å². The van der Waals surface area contributed by atoms with E-state index in [1.807, 2.05) is 72.8 Å². The van der Waals surface area contributed by atoms with Crippen LogP contribution in [-0.4, -0.2) is 22.7 Å². The van der Waals surface area contributed by atoms with Crippen LogP contribution in [0.3, 0.4) is 0 Å². The average molecular weight is 450 g/mol. The van der Waals surface area contributed by atoms with E-state index in [1.165, 1.54) is 4.90 Å². The molecule has 4 aromatic carbocycles. The lowest BCUT2D eigenvalue weighted by molar-refractivity contribution is -0.131. The number of amides is 4. The average Bonchev–Trinajstić information content (AvgIpc) is 3.08. The van der Waals surface area contributed by atoms with Crippen LogP contribution in [0.25, 0.3) is 10.8 Å². The first-order valence-electron chi connectivity index (χ1n) is 11.0. The summed E-state index contributed by atoms with van der Waals surface area (Å²) in [6.07, 6.45) is 0. The molecular formula is C28H23N3O3. The Hall–Kier alpha value is -4.45. The molecule has 34 heavy (non-hydrogen) atoms. The molecular weight excluding hydrogens is 426 g/mol. The van der Waals surface area contributed by atoms with Crippen molar-refractivity contribution in [3.05, 3.63) is 114 Å². The van der Waals surface area contributed by atoms with Crippen LogP contribution in [0.4, 0.5) is 10.5 Å². The molecule has 0 aliphatic carbocycles. The van der Waals surface area contributed by atoms with E-state index in [9.17, 15) is 14.4 Å². The van der Waals surface area contributed by atoms with Crippen molar-refractivity contribution in [1.29, 1.82) is 0 Å². The molecule has 0 bridgehead atoms. The van der Waals surface area contributed by atoms with Gasteiger partial charge in [-0.3, -0.25) is 14.5 Å². The van der Waals surface area contributed by atoms with E-state index in [1.54, 1.807) is 31.2 Å². The highest BCUT2D eigenvalue weighted by Gasteiger charge is 2.48. The third kappa shape index (κ3) is 3.90. The quantitative estimate of drug-likeness (QED) is 0.418. The summed E-state index contributed by atoms with van der Waals surface area (Å²) in [6, 6.07) is 29.3. The number of rotatable bonds is 5. The van der Waals surface area contributed by atoms with Gasteiger partial charge in [-0.2, -0.15) is 0 Å². The van der Waals surface area contributed by atoms with Gasteiger partial charge < -0.3 is 10.6 Å². The first-order chi connectivity index (χ1) is 16.4. The van der Waals surface area contributed by atoms with Crippen molar-refractivity contribution in [2.45, 2.75) is 19.0 Å². The highest BCUT2D eigenvalue weighted by molar-refractivity contribution is 6.07. The number of nitrogens with one attached hydrogen (secondary N) is 2. The van der Waals surface area contributed by atoms with Gasteiger partial charge in [0.15, 0.2) is 0 Å². The molecule has 4 aromatic rings. The second-order valence-corrected chi connectivity index (χ2v) is 8.53. The van der Waals surface area contributed by atoms with Crippen molar-refractivity contribution in [3.63, 3.8) is 0 Å². The Morgan fingerprint density at radius 1 is 0.853 bits per heavy atom. The van der Waals surface area contributed by atoms with Gasteiger partial charge in [-0.25, -0.2) is 4.79 Å². The molecule has 1 heterocycles. The van der Waals surface area contributed by atoms with Crippen molar-refractivity contribution in [3.8, 4) is 0 Å². The molecule has 6 nitrogen and oxygen atoms in total. The number of anilines is 1. The number of nitrogens with zero attached hydrogens (tertiary/aromatic N) is 1. The van der Waals surface area contributed by atoms with Crippen LogP contribution in [-0.2, 0) is 16.9 Å². The molecule has 6 heteroatoms. The number of para-hydroxylation sites is 1. The van der Waals surface area contributed by atoms with Gasteiger partial charge in [0.05, 0.1) is 6.54 Å². The van der Waals surface area contributed by atoms with Crippen LogP contribution in [0.1, 0.15) is 28.4 Å². The minimum Gasteiger partial charge on any atom is -0.322 e. The van der Waals surface area contributed by atoms with Crippen molar-refractivity contribution < 1.29 is 14.4 Å². The summed E-state index contributed by atoms with van der Waals surface area (Å²) in [7, 11) is 0. The number of benzene rings is 4. The fourth-order valence-electron chi connectivity index (χ4n) is 4.21. The SMILES string of the molecule is C[C@]1(c2ccc3ccccc3c2)NC(=O)N(Cc2ccc(C(=O)Nc3ccccc3)cc2)C1=O. The minimum absolute atomic E-state index is 0.119. The van der Waals surface area contributed by atoms with Crippen molar-refractivity contribution in [2.24, 2.45) is 0 Å². The lowest BCUT2D eigenvalue weighted by Crippen LogP contribution is -2.40. The lowest BCUT2D eigenvalue weighted by Gasteiger charge is -2.23. The fraction of sp³-hybridized carbons (Fsp3) is 0.107. The molecule has 1 fully saturated rings. The Kier molecular flexibility index (Phi) is 5.34. The maximum Gasteiger partial charge on any atom is 0.325 e. The summed E-state index contributed by atoms with van der Waals surface area (Å²) in [6.45, 7) is 1.85. The van der Waals surface area contributed by atoms with Crippen LogP contribution in [0.2, 0.25) is 0 Å². The highest BCUT2D eigenvalue weighted by Crippen LogP contribution is 2.31. The zero-order valence-electron chi connectivity index (χ0n) is 18.6. The van der Waals surface area contributed by atoms with Crippen LogP contribution >= 0.6 is 0 Å². The summed E-state index contributed by atoms with van der Waals surface area (Å²) >= 11 is 0. The summed E-state index contributed by atoms with van der Waals surface area (Å²) in [5.41, 5.74) is 1.55. The van der Waals surface area contributed by atoms with E-state index in [4.69, 9.17) is 0 Å². The number of carbonyl (C=O) groups excluding carboxylic acids is 3.